The molecule has 28 heteroatoms. The Morgan fingerprint density at radius 1 is 0.653 bits per heavy atom. The third-order valence-electron chi connectivity index (χ3n) is 11.7. The van der Waals surface area contributed by atoms with Crippen LogP contribution in [0.5, 0.6) is 34.5 Å². The fourth-order valence-electron chi connectivity index (χ4n) is 7.29. The quantitative estimate of drug-likeness (QED) is 0.0259. The Hall–Kier alpha value is -8.15. The molecule has 0 aromatic heterocycles. The predicted octanol–water partition coefficient (Wildman–Crippen LogP) is -3.13. The molecule has 0 spiro atoms. The summed E-state index contributed by atoms with van der Waals surface area (Å²) in [6.07, 6.45) is -11.5. The molecule has 2 aliphatic rings. The van der Waals surface area contributed by atoms with Gasteiger partial charge in [0.25, 0.3) is 11.8 Å². The minimum absolute atomic E-state index is 0.298. The summed E-state index contributed by atoms with van der Waals surface area (Å²) in [7, 11) is 0. The number of cyclic esters (lactones) is 3. The minimum Gasteiger partial charge on any atom is -0.504 e. The molecule has 2 fully saturated rings. The number of aliphatic hydroxyl groups is 5. The molecule has 0 saturated carbocycles. The smallest absolute Gasteiger partial charge is 0.332 e. The molecule has 2 saturated heterocycles. The van der Waals surface area contributed by atoms with Gasteiger partial charge in [-0.15, -0.1) is 0 Å². The molecule has 0 radical (unpaired) electrons. The van der Waals surface area contributed by atoms with Gasteiger partial charge < -0.3 is 95.8 Å². The fourth-order valence-corrected chi connectivity index (χ4v) is 7.29. The van der Waals surface area contributed by atoms with Crippen molar-refractivity contribution in [1.29, 1.82) is 0 Å². The van der Waals surface area contributed by atoms with Crippen molar-refractivity contribution >= 4 is 53.2 Å². The summed E-state index contributed by atoms with van der Waals surface area (Å²) in [5.41, 5.74) is -2.33. The topological polar surface area (TPSA) is 458 Å². The summed E-state index contributed by atoms with van der Waals surface area (Å²) in [5.74, 6) is -18.7. The van der Waals surface area contributed by atoms with Crippen LogP contribution in [-0.4, -0.2) is 192 Å². The van der Waals surface area contributed by atoms with E-state index in [0.717, 1.165) is 48.5 Å². The second-order valence-electron chi connectivity index (χ2n) is 17.1. The molecule has 3 amide bonds. The number of hydrogen-bond acceptors (Lipinski definition) is 25. The van der Waals surface area contributed by atoms with Gasteiger partial charge in [0, 0.05) is 25.2 Å². The number of Topliss-reactive ketones (excluding diaryl/α,β-unsaturated/α-hetero) is 2. The molecular formula is C47H53N3O25. The van der Waals surface area contributed by atoms with Gasteiger partial charge in [0.2, 0.25) is 5.91 Å². The Bertz CT molecular complexity index is 2600. The van der Waals surface area contributed by atoms with Crippen molar-refractivity contribution < 1.29 is 123 Å². The normalized spacial score (nSPS) is 23.0. The van der Waals surface area contributed by atoms with Crippen molar-refractivity contribution in [3.8, 4) is 34.5 Å². The first-order valence-corrected chi connectivity index (χ1v) is 22.6. The Morgan fingerprint density at radius 3 is 1.73 bits per heavy atom. The first kappa shape index (κ1) is 57.7. The van der Waals surface area contributed by atoms with Gasteiger partial charge in [0.1, 0.15) is 62.7 Å². The minimum atomic E-state index is -2.09. The number of nitrogens with one attached hydrogen (secondary N) is 3. The van der Waals surface area contributed by atoms with Crippen molar-refractivity contribution in [2.45, 2.75) is 74.8 Å². The molecule has 2 heterocycles. The summed E-state index contributed by atoms with van der Waals surface area (Å²) < 4.78 is 26.5. The Morgan fingerprint density at radius 2 is 1.19 bits per heavy atom. The Kier molecular flexibility index (Phi) is 19.8. The summed E-state index contributed by atoms with van der Waals surface area (Å²) in [6, 6.07) is 2.42. The van der Waals surface area contributed by atoms with E-state index in [9.17, 15) is 94.2 Å². The van der Waals surface area contributed by atoms with E-state index in [4.69, 9.17) is 28.8 Å². The molecule has 5 rings (SSSR count). The van der Waals surface area contributed by atoms with Crippen LogP contribution in [0, 0.1) is 11.8 Å². The second-order valence-corrected chi connectivity index (χ2v) is 17.1. The number of rotatable bonds is 18. The monoisotopic (exact) mass is 1060 g/mol. The number of esters is 4. The number of phenols is 6. The van der Waals surface area contributed by atoms with Gasteiger partial charge in [-0.2, -0.15) is 0 Å². The number of aliphatic hydroxyl groups excluding tert-OH is 5. The average Bonchev–Trinajstić information content (AvgIpc) is 3.38. The molecular weight excluding hydrogens is 1010 g/mol. The average molecular weight is 1060 g/mol. The zero-order valence-electron chi connectivity index (χ0n) is 39.4. The largest absolute Gasteiger partial charge is 0.504 e. The molecule has 0 bridgehead atoms. The van der Waals surface area contributed by atoms with Crippen LogP contribution < -0.4 is 16.0 Å². The second kappa shape index (κ2) is 25.7. The standard InChI is InChI=1S/C47H53N3O25/c1-19(13-51)28(53)8-9-34(58)48-25(14-52)45(68)74-18-33-38(62)39(63)40(64)41(75-33)20-10-24(37(61)32(57)11-20)31(56)12-21-15-71-46(69)27(50-43(66)23-5-3-7-30(55)36(23)60)17-73-47(70)26(16-72-44(21)67)49-42(65)22-4-2-6-29(54)35(22)59/h2-7,10-11,19,21,25-27,33,38-41,51-52,54-55,57,59-64H,8-9,12-18H2,1H3,(H,48,58)(H,49,65)(H,50,66)/t19?,21-,25?,26-,27-,33?,38+,39-,40?,41-/m0/s1. The van der Waals surface area contributed by atoms with Gasteiger partial charge in [-0.05, 0) is 42.0 Å². The molecule has 10 atom stereocenters. The van der Waals surface area contributed by atoms with Gasteiger partial charge in [-0.3, -0.25) is 28.8 Å². The first-order chi connectivity index (χ1) is 35.5. The number of carbonyl (C=O) groups excluding carboxylic acids is 9. The van der Waals surface area contributed by atoms with E-state index < -0.39 is 217 Å². The Labute approximate surface area is 423 Å². The van der Waals surface area contributed by atoms with E-state index in [1.807, 2.05) is 0 Å². The highest BCUT2D eigenvalue weighted by atomic mass is 16.6. The third kappa shape index (κ3) is 14.3. The first-order valence-electron chi connectivity index (χ1n) is 22.6. The third-order valence-corrected chi connectivity index (χ3v) is 11.7. The molecule has 75 heavy (non-hydrogen) atoms. The van der Waals surface area contributed by atoms with Crippen LogP contribution in [0.25, 0.3) is 0 Å². The summed E-state index contributed by atoms with van der Waals surface area (Å²) in [5, 5.41) is 120. The molecule has 3 aromatic rings. The van der Waals surface area contributed by atoms with Crippen LogP contribution in [0.1, 0.15) is 68.9 Å². The van der Waals surface area contributed by atoms with Crippen molar-refractivity contribution in [1.82, 2.24) is 16.0 Å². The lowest BCUT2D eigenvalue weighted by Crippen LogP contribution is -2.56. The van der Waals surface area contributed by atoms with Crippen LogP contribution in [0.2, 0.25) is 0 Å². The number of ether oxygens (including phenoxy) is 5. The van der Waals surface area contributed by atoms with Crippen molar-refractivity contribution in [2.75, 3.05) is 39.6 Å². The molecule has 2 aliphatic heterocycles. The number of hydrogen-bond donors (Lipinski definition) is 14. The van der Waals surface area contributed by atoms with E-state index in [2.05, 4.69) is 16.0 Å². The number of carbonyl (C=O) groups is 9. The molecule has 14 N–H and O–H groups in total. The number of amides is 3. The molecule has 4 unspecified atom stereocenters. The van der Waals surface area contributed by atoms with Crippen LogP contribution in [0.15, 0.2) is 48.5 Å². The van der Waals surface area contributed by atoms with Gasteiger partial charge in [-0.1, -0.05) is 19.1 Å². The fraction of sp³-hybridized carbons (Fsp3) is 0.426. The van der Waals surface area contributed by atoms with Crippen molar-refractivity contribution in [3.63, 3.8) is 0 Å². The zero-order chi connectivity index (χ0) is 55.4. The maximum Gasteiger partial charge on any atom is 0.332 e. The van der Waals surface area contributed by atoms with Gasteiger partial charge in [0.05, 0.1) is 35.8 Å². The predicted molar refractivity (Wildman–Crippen MR) is 243 cm³/mol. The lowest BCUT2D eigenvalue weighted by molar-refractivity contribution is -0.234. The zero-order valence-corrected chi connectivity index (χ0v) is 39.4. The SMILES string of the molecule is CC(CO)C(=O)CCC(=O)NC(CO)C(=O)OCC1O[C@@H](c2cc(O)c(O)c(C(=O)C[C@H]3COC(=O)[C@@H](NC(=O)c4cccc(O)c4O)COC(=O)[C@@H](NC(=O)c4cccc(O)c4O)COC3=O)c2)C(O)[C@@H](O)[C@@H]1O. The number of phenolic OH excluding ortho intramolecular Hbond substituents is 6. The van der Waals surface area contributed by atoms with Crippen molar-refractivity contribution in [3.05, 3.63) is 70.8 Å². The van der Waals surface area contributed by atoms with E-state index in [-0.39, 0.29) is 12.0 Å². The molecule has 0 aliphatic carbocycles. The highest BCUT2D eigenvalue weighted by molar-refractivity contribution is 6.02. The van der Waals surface area contributed by atoms with Gasteiger partial charge in [0.15, 0.2) is 58.4 Å². The number of aromatic hydroxyl groups is 6. The Balaban J connectivity index is 1.37. The van der Waals surface area contributed by atoms with Crippen LogP contribution in [0.4, 0.5) is 0 Å². The molecule has 3 aromatic carbocycles. The number of ketones is 2. The number of benzene rings is 3. The molecule has 28 nitrogen and oxygen atoms in total. The summed E-state index contributed by atoms with van der Waals surface area (Å²) in [4.78, 5) is 118. The lowest BCUT2D eigenvalue weighted by Gasteiger charge is -2.40. The van der Waals surface area contributed by atoms with E-state index in [1.165, 1.54) is 6.92 Å². The number of para-hydroxylation sites is 2. The van der Waals surface area contributed by atoms with E-state index in [0.29, 0.717) is 0 Å². The van der Waals surface area contributed by atoms with Crippen molar-refractivity contribution in [2.24, 2.45) is 11.8 Å². The maximum absolute atomic E-state index is 14.0. The highest BCUT2D eigenvalue weighted by Gasteiger charge is 2.46. The van der Waals surface area contributed by atoms with E-state index >= 15 is 0 Å². The molecule has 406 valence electrons. The lowest BCUT2D eigenvalue weighted by atomic mass is 9.89. The highest BCUT2D eigenvalue weighted by Crippen LogP contribution is 2.39. The van der Waals surface area contributed by atoms with Gasteiger partial charge in [-0.25, -0.2) is 14.4 Å². The van der Waals surface area contributed by atoms with Crippen LogP contribution in [0.3, 0.4) is 0 Å². The van der Waals surface area contributed by atoms with Crippen LogP contribution >= 0.6 is 0 Å². The summed E-state index contributed by atoms with van der Waals surface area (Å²) >= 11 is 0. The van der Waals surface area contributed by atoms with Crippen LogP contribution in [-0.2, 0) is 52.5 Å². The van der Waals surface area contributed by atoms with E-state index in [1.54, 1.807) is 0 Å². The summed E-state index contributed by atoms with van der Waals surface area (Å²) in [6.45, 7) is -4.15. The van der Waals surface area contributed by atoms with Gasteiger partial charge >= 0.3 is 23.9 Å². The maximum atomic E-state index is 14.0.